The third kappa shape index (κ3) is 42.9. The third-order valence-electron chi connectivity index (χ3n) is 6.07. The van der Waals surface area contributed by atoms with E-state index in [1.165, 1.54) is 6.33 Å². The van der Waals surface area contributed by atoms with Crippen molar-refractivity contribution in [3.05, 3.63) is 18.2 Å². The van der Waals surface area contributed by atoms with Crippen LogP contribution in [0.4, 0.5) is 0 Å². The quantitative estimate of drug-likeness (QED) is 0.0715. The fourth-order valence-electron chi connectivity index (χ4n) is 2.64. The fraction of sp³-hybridized carbons (Fsp3) is 0.633. The Morgan fingerprint density at radius 1 is 0.667 bits per heavy atom. The summed E-state index contributed by atoms with van der Waals surface area (Å²) in [7, 11) is 0. The summed E-state index contributed by atoms with van der Waals surface area (Å²) in [6.07, 6.45) is 4.64. The molecular weight excluding hydrogens is 726 g/mol. The zero-order valence-electron chi connectivity index (χ0n) is 30.7. The predicted octanol–water partition coefficient (Wildman–Crippen LogP) is -2.79. The molecule has 1 aromatic heterocycles. The highest BCUT2D eigenvalue weighted by atomic mass is 16.4. The molecule has 1 aromatic rings. The van der Waals surface area contributed by atoms with Gasteiger partial charge in [-0.15, -0.1) is 0 Å². The van der Waals surface area contributed by atoms with Gasteiger partial charge in [0.1, 0.15) is 30.2 Å². The van der Waals surface area contributed by atoms with Crippen molar-refractivity contribution < 1.29 is 74.1 Å². The molecule has 22 N–H and O–H groups in total. The fourth-order valence-corrected chi connectivity index (χ4v) is 2.64. The number of amides is 1. The van der Waals surface area contributed by atoms with E-state index in [1.807, 2.05) is 27.7 Å². The second-order valence-corrected chi connectivity index (χ2v) is 11.5. The summed E-state index contributed by atoms with van der Waals surface area (Å²) in [5.74, 6) is -7.21. The first kappa shape index (κ1) is 58.1. The average molecular weight is 786 g/mol. The molecule has 1 heterocycles. The van der Waals surface area contributed by atoms with Crippen molar-refractivity contribution in [3.8, 4) is 0 Å². The monoisotopic (exact) mass is 785 g/mol. The minimum atomic E-state index is -1.17. The number of aromatic amines is 1. The van der Waals surface area contributed by atoms with Crippen LogP contribution < -0.4 is 40.1 Å². The zero-order valence-corrected chi connectivity index (χ0v) is 30.7. The minimum Gasteiger partial charge on any atom is -0.481 e. The average Bonchev–Trinajstić information content (AvgIpc) is 3.59. The zero-order chi connectivity index (χ0) is 43.7. The normalized spacial score (nSPS) is 13.0. The van der Waals surface area contributed by atoms with E-state index >= 15 is 0 Å². The number of aliphatic carboxylic acids is 7. The van der Waals surface area contributed by atoms with Crippen LogP contribution in [0.5, 0.6) is 0 Å². The second-order valence-electron chi connectivity index (χ2n) is 11.5. The Hall–Kier alpha value is -5.27. The largest absolute Gasteiger partial charge is 0.481 e. The molecule has 0 saturated carbocycles. The molecule has 0 fully saturated rings. The lowest BCUT2D eigenvalue weighted by Gasteiger charge is -2.11. The first-order chi connectivity index (χ1) is 24.7. The number of H-pyrrole nitrogens is 1. The smallest absolute Gasteiger partial charge is 0.320 e. The summed E-state index contributed by atoms with van der Waals surface area (Å²) in [6.45, 7) is 7.37. The number of carboxylic acids is 7. The maximum absolute atomic E-state index is 10.3. The Kier molecular flexibility index (Phi) is 37.4. The number of imidazole rings is 1. The summed E-state index contributed by atoms with van der Waals surface area (Å²) in [6, 6.07) is -4.29. The molecule has 24 heteroatoms. The van der Waals surface area contributed by atoms with Crippen LogP contribution in [-0.2, 0) is 44.8 Å². The Bertz CT molecular complexity index is 1200. The molecule has 6 unspecified atom stereocenters. The second kappa shape index (κ2) is 34.8. The maximum Gasteiger partial charge on any atom is 0.320 e. The summed E-state index contributed by atoms with van der Waals surface area (Å²) in [5, 5.41) is 57.2. The number of nitrogens with zero attached hydrogens (tertiary/aromatic N) is 1. The van der Waals surface area contributed by atoms with Crippen molar-refractivity contribution in [3.63, 3.8) is 0 Å². The molecule has 54 heavy (non-hydrogen) atoms. The molecule has 0 aromatic carbocycles. The third-order valence-corrected chi connectivity index (χ3v) is 6.07. The van der Waals surface area contributed by atoms with Gasteiger partial charge in [0.25, 0.3) is 0 Å². The molecule has 0 saturated heterocycles. The highest BCUT2D eigenvalue weighted by Crippen LogP contribution is 2.04. The van der Waals surface area contributed by atoms with Crippen LogP contribution in [-0.4, -0.2) is 130 Å². The van der Waals surface area contributed by atoms with Gasteiger partial charge in [0, 0.05) is 25.5 Å². The lowest BCUT2D eigenvalue weighted by Crippen LogP contribution is -2.36. The number of carbonyl (C=O) groups excluding carboxylic acids is 1. The van der Waals surface area contributed by atoms with Crippen LogP contribution in [0.2, 0.25) is 0 Å². The van der Waals surface area contributed by atoms with Crippen LogP contribution >= 0.6 is 0 Å². The number of hydrogen-bond acceptors (Lipinski definition) is 15. The molecule has 0 aliphatic rings. The van der Waals surface area contributed by atoms with E-state index in [9.17, 15) is 38.4 Å². The highest BCUT2D eigenvalue weighted by Gasteiger charge is 2.17. The number of carbonyl (C=O) groups is 8. The number of carboxylic acid groups (broad SMARTS) is 7. The number of nitrogens with one attached hydrogen (secondary N) is 1. The number of primary amides is 1. The SMILES string of the molecule is CC(C)CC(N)C(=O)O.CCC(C)C(N)C(=O)O.NC(=O)CCC(N)C(=O)O.NC(CCC(=O)O)C(=O)O.NC(Cc1c[nH]cn1)C(=O)O.NCC(=O)O. The Morgan fingerprint density at radius 3 is 1.30 bits per heavy atom. The van der Waals surface area contributed by atoms with E-state index in [1.54, 1.807) is 6.20 Å². The Balaban J connectivity index is -0.000000180. The molecule has 0 aliphatic heterocycles. The van der Waals surface area contributed by atoms with Gasteiger partial charge >= 0.3 is 41.8 Å². The van der Waals surface area contributed by atoms with Gasteiger partial charge in [0.05, 0.1) is 18.6 Å². The van der Waals surface area contributed by atoms with Crippen molar-refractivity contribution >= 4 is 47.7 Å². The number of aromatic nitrogens is 2. The Morgan fingerprint density at radius 2 is 1.07 bits per heavy atom. The van der Waals surface area contributed by atoms with Gasteiger partial charge in [-0.25, -0.2) is 4.98 Å². The van der Waals surface area contributed by atoms with Gasteiger partial charge in [-0.2, -0.15) is 0 Å². The van der Waals surface area contributed by atoms with Gasteiger partial charge in [0.15, 0.2) is 0 Å². The number of rotatable bonds is 18. The van der Waals surface area contributed by atoms with Crippen molar-refractivity contribution in [2.24, 2.45) is 52.0 Å². The topological polar surface area (TPSA) is 489 Å². The van der Waals surface area contributed by atoms with Crippen LogP contribution in [0.25, 0.3) is 0 Å². The molecule has 24 nitrogen and oxygen atoms in total. The molecule has 1 amide bonds. The molecule has 1 rings (SSSR count). The summed E-state index contributed by atoms with van der Waals surface area (Å²) < 4.78 is 0. The minimum absolute atomic E-state index is 0.0213. The van der Waals surface area contributed by atoms with Crippen molar-refractivity contribution in [2.45, 2.75) is 103 Å². The summed E-state index contributed by atoms with van der Waals surface area (Å²) in [4.78, 5) is 86.4. The number of nitrogens with two attached hydrogens (primary N) is 7. The lowest BCUT2D eigenvalue weighted by molar-refractivity contribution is -0.141. The molecule has 6 atom stereocenters. The first-order valence-electron chi connectivity index (χ1n) is 16.0. The van der Waals surface area contributed by atoms with Crippen molar-refractivity contribution in [2.75, 3.05) is 6.54 Å². The van der Waals surface area contributed by atoms with Gasteiger partial charge in [-0.3, -0.25) is 38.4 Å². The van der Waals surface area contributed by atoms with Crippen LogP contribution in [0, 0.1) is 11.8 Å². The van der Waals surface area contributed by atoms with E-state index in [0.29, 0.717) is 18.0 Å². The maximum atomic E-state index is 10.3. The number of hydrogen-bond donors (Lipinski definition) is 15. The van der Waals surface area contributed by atoms with E-state index < -0.39 is 77.9 Å². The molecule has 0 radical (unpaired) electrons. The first-order valence-corrected chi connectivity index (χ1v) is 16.0. The van der Waals surface area contributed by atoms with Gasteiger partial charge in [0.2, 0.25) is 5.91 Å². The van der Waals surface area contributed by atoms with E-state index in [2.05, 4.69) is 15.7 Å². The van der Waals surface area contributed by atoms with Gasteiger partial charge in [-0.05, 0) is 31.1 Å². The van der Waals surface area contributed by atoms with Crippen molar-refractivity contribution in [1.82, 2.24) is 9.97 Å². The van der Waals surface area contributed by atoms with Gasteiger partial charge < -0.3 is 80.9 Å². The highest BCUT2D eigenvalue weighted by molar-refractivity contribution is 5.77. The Labute approximate surface area is 311 Å². The molecule has 0 spiro atoms. The standard InChI is InChI=1S/C6H9N3O2.2C6H13NO2.C5H10N2O3.C5H9NO4.C2H5NO2/c7-5(6(10)11)1-4-2-8-3-9-4;1-4(2)3-5(7)6(8)9;1-3-4(2)5(7)6(8)9;2*6-3(5(9)10)1-2-4(7)8;3-1-2(4)5/h2-3,5H,1,7H2,(H,8,9)(H,10,11);2*4-5H,3,7H2,1-2H3,(H,8,9);3H,1-2,6H2,(H2,7,8)(H,9,10);3H,1-2,6H2,(H,7,8)(H,9,10);1,3H2,(H,4,5). The molecule has 0 aliphatic carbocycles. The summed E-state index contributed by atoms with van der Waals surface area (Å²) in [5.41, 5.74) is 35.8. The van der Waals surface area contributed by atoms with Crippen LogP contribution in [0.3, 0.4) is 0 Å². The van der Waals surface area contributed by atoms with E-state index in [-0.39, 0.29) is 44.6 Å². The van der Waals surface area contributed by atoms with Gasteiger partial charge in [-0.1, -0.05) is 34.1 Å². The van der Waals surface area contributed by atoms with E-state index in [4.69, 9.17) is 70.1 Å². The lowest BCUT2D eigenvalue weighted by atomic mass is 10.0. The summed E-state index contributed by atoms with van der Waals surface area (Å²) >= 11 is 0. The van der Waals surface area contributed by atoms with Crippen molar-refractivity contribution in [1.29, 1.82) is 0 Å². The van der Waals surface area contributed by atoms with Crippen LogP contribution in [0.15, 0.2) is 12.5 Å². The molecular formula is C30H59N9O15. The molecule has 0 bridgehead atoms. The van der Waals surface area contributed by atoms with E-state index in [0.717, 1.165) is 6.42 Å². The predicted molar refractivity (Wildman–Crippen MR) is 191 cm³/mol. The van der Waals surface area contributed by atoms with Crippen LogP contribution in [0.1, 0.15) is 71.9 Å². The molecule has 314 valence electrons.